The van der Waals surface area contributed by atoms with Gasteiger partial charge in [0.1, 0.15) is 32.1 Å². The minimum Gasteiger partial charge on any atom is -0.477 e. The van der Waals surface area contributed by atoms with Gasteiger partial charge in [-0.25, -0.2) is 14.8 Å². The number of H-pyrrole nitrogens is 2. The molecule has 232 valence electrons. The summed E-state index contributed by atoms with van der Waals surface area (Å²) in [6.07, 6.45) is 4.85. The van der Waals surface area contributed by atoms with Gasteiger partial charge in [-0.05, 0) is 51.7 Å². The van der Waals surface area contributed by atoms with Crippen molar-refractivity contribution in [3.05, 3.63) is 33.5 Å². The lowest BCUT2D eigenvalue weighted by molar-refractivity contribution is 0.0691. The normalized spacial score (nSPS) is 18.4. The van der Waals surface area contributed by atoms with Crippen molar-refractivity contribution in [1.82, 2.24) is 25.3 Å². The van der Waals surface area contributed by atoms with Gasteiger partial charge in [-0.1, -0.05) is 57.8 Å². The Bertz CT molecular complexity index is 1420. The second-order valence-corrected chi connectivity index (χ2v) is 26.0. The minimum atomic E-state index is -0.952. The number of aromatic amines is 2. The summed E-state index contributed by atoms with van der Waals surface area (Å²) in [5.41, 5.74) is 8.25. The van der Waals surface area contributed by atoms with Crippen LogP contribution in [0.2, 0.25) is 50.4 Å². The standard InChI is InChI=1S/C14H21N3OSSi.C7H6N2O2S.C7H17NSi.CH4/c1-9-15-12-8-11(17-14(12)19-9)13(18)16-10-4-6-20(2,3)7-5-10;1-3-8-4-2-5(7(10)11)9-6(4)12-3;1-9(2)5-3-7(8)4-6-9;/h8,10,17H,4-7H2,1-3H3,(H,16,18);2,9H,1H3,(H,10,11);7H,3-6,8H2,1-2H3;1H4. The molecule has 0 saturated carbocycles. The number of nitrogens with one attached hydrogen (secondary N) is 3. The highest BCUT2D eigenvalue weighted by Crippen LogP contribution is 2.29. The fourth-order valence-corrected chi connectivity index (χ4v) is 12.0. The average molecular weight is 649 g/mol. The van der Waals surface area contributed by atoms with Crippen LogP contribution >= 0.6 is 22.7 Å². The van der Waals surface area contributed by atoms with Crippen molar-refractivity contribution < 1.29 is 14.7 Å². The van der Waals surface area contributed by atoms with Crippen LogP contribution in [-0.2, 0) is 0 Å². The molecule has 6 N–H and O–H groups in total. The molecular weight excluding hydrogens is 601 g/mol. The van der Waals surface area contributed by atoms with E-state index in [1.165, 1.54) is 48.4 Å². The molecule has 0 unspecified atom stereocenters. The third-order valence-electron chi connectivity index (χ3n) is 8.11. The topological polar surface area (TPSA) is 150 Å². The fourth-order valence-electron chi connectivity index (χ4n) is 5.32. The number of aryl methyl sites for hydroxylation is 2. The number of aromatic carboxylic acids is 1. The van der Waals surface area contributed by atoms with E-state index in [0.29, 0.717) is 17.8 Å². The Morgan fingerprint density at radius 3 is 1.71 bits per heavy atom. The maximum absolute atomic E-state index is 12.3. The zero-order valence-electron chi connectivity index (χ0n) is 25.0. The van der Waals surface area contributed by atoms with Gasteiger partial charge in [0, 0.05) is 28.2 Å². The zero-order chi connectivity index (χ0) is 29.9. The number of fused-ring (bicyclic) bond motifs is 2. The van der Waals surface area contributed by atoms with Crippen LogP contribution < -0.4 is 11.1 Å². The van der Waals surface area contributed by atoms with Crippen LogP contribution in [0.5, 0.6) is 0 Å². The molecule has 0 radical (unpaired) electrons. The number of carboxylic acids is 1. The maximum atomic E-state index is 12.3. The number of aromatic nitrogens is 4. The molecule has 2 aliphatic rings. The second kappa shape index (κ2) is 14.0. The summed E-state index contributed by atoms with van der Waals surface area (Å²) in [5, 5.41) is 13.8. The largest absolute Gasteiger partial charge is 0.477 e. The second-order valence-electron chi connectivity index (χ2n) is 13.0. The number of amides is 1. The monoisotopic (exact) mass is 648 g/mol. The Hall–Kier alpha value is -2.33. The van der Waals surface area contributed by atoms with Crippen molar-refractivity contribution in [2.24, 2.45) is 5.73 Å². The summed E-state index contributed by atoms with van der Waals surface area (Å²) in [6, 6.07) is 9.82. The number of rotatable bonds is 3. The number of carboxylic acid groups (broad SMARTS) is 1. The molecule has 0 bridgehead atoms. The van der Waals surface area contributed by atoms with E-state index in [1.807, 2.05) is 19.9 Å². The summed E-state index contributed by atoms with van der Waals surface area (Å²) >= 11 is 3.06. The smallest absolute Gasteiger partial charge is 0.352 e. The molecule has 2 aliphatic heterocycles. The molecule has 2 saturated heterocycles. The number of nitrogens with two attached hydrogens (primary N) is 1. The van der Waals surface area contributed by atoms with Crippen LogP contribution in [-0.4, -0.2) is 65.2 Å². The first-order valence-corrected chi connectivity index (χ1v) is 22.9. The number of hydrogen-bond acceptors (Lipinski definition) is 7. The molecule has 1 amide bonds. The molecule has 4 aromatic rings. The number of thiazole rings is 2. The lowest BCUT2D eigenvalue weighted by atomic mass is 10.1. The van der Waals surface area contributed by atoms with Crippen molar-refractivity contribution in [2.45, 2.75) is 109 Å². The van der Waals surface area contributed by atoms with Gasteiger partial charge in [0.05, 0.1) is 10.0 Å². The summed E-state index contributed by atoms with van der Waals surface area (Å²) in [6.45, 7) is 13.7. The Kier molecular flexibility index (Phi) is 11.4. The maximum Gasteiger partial charge on any atom is 0.352 e. The predicted molar refractivity (Wildman–Crippen MR) is 183 cm³/mol. The summed E-state index contributed by atoms with van der Waals surface area (Å²) in [4.78, 5) is 39.1. The molecule has 0 spiro atoms. The molecule has 42 heavy (non-hydrogen) atoms. The molecule has 9 nitrogen and oxygen atoms in total. The quantitative estimate of drug-likeness (QED) is 0.144. The SMILES string of the molecule is C.C[Si]1(C)CCC(N)CC1.Cc1nc2cc(C(=O)NC3CC[Si](C)(C)CC3)[nH]c2s1.Cc1nc2cc(C(=O)O)[nH]c2s1. The van der Waals surface area contributed by atoms with E-state index >= 15 is 0 Å². The molecule has 4 aromatic heterocycles. The highest BCUT2D eigenvalue weighted by atomic mass is 32.1. The van der Waals surface area contributed by atoms with Gasteiger partial charge in [0.15, 0.2) is 0 Å². The molecule has 0 atom stereocenters. The van der Waals surface area contributed by atoms with Crippen LogP contribution in [0.1, 0.15) is 64.1 Å². The molecule has 6 rings (SSSR count). The number of hydrogen-bond donors (Lipinski definition) is 5. The Morgan fingerprint density at radius 1 is 0.857 bits per heavy atom. The molecule has 13 heteroatoms. The van der Waals surface area contributed by atoms with Crippen molar-refractivity contribution >= 4 is 71.4 Å². The summed E-state index contributed by atoms with van der Waals surface area (Å²) in [7, 11) is -1.66. The molecule has 2 fully saturated rings. The van der Waals surface area contributed by atoms with Gasteiger partial charge in [-0.2, -0.15) is 0 Å². The lowest BCUT2D eigenvalue weighted by Crippen LogP contribution is -2.42. The lowest BCUT2D eigenvalue weighted by Gasteiger charge is -2.33. The van der Waals surface area contributed by atoms with Crippen molar-refractivity contribution in [3.63, 3.8) is 0 Å². The first kappa shape index (κ1) is 34.2. The third kappa shape index (κ3) is 9.34. The van der Waals surface area contributed by atoms with Gasteiger partial charge in [0.2, 0.25) is 0 Å². The van der Waals surface area contributed by atoms with Crippen molar-refractivity contribution in [2.75, 3.05) is 0 Å². The molecule has 0 aromatic carbocycles. The highest BCUT2D eigenvalue weighted by molar-refractivity contribution is 7.18. The summed E-state index contributed by atoms with van der Waals surface area (Å²) < 4.78 is 0. The number of nitrogens with zero attached hydrogens (tertiary/aromatic N) is 2. The van der Waals surface area contributed by atoms with Gasteiger partial charge in [-0.15, -0.1) is 22.7 Å². The van der Waals surface area contributed by atoms with E-state index in [4.69, 9.17) is 10.8 Å². The van der Waals surface area contributed by atoms with Crippen LogP contribution in [0.15, 0.2) is 12.1 Å². The minimum absolute atomic E-state index is 0. The molecule has 0 aliphatic carbocycles. The van der Waals surface area contributed by atoms with Gasteiger partial charge in [0.25, 0.3) is 5.91 Å². The Labute approximate surface area is 259 Å². The van der Waals surface area contributed by atoms with E-state index in [1.54, 1.807) is 17.4 Å². The van der Waals surface area contributed by atoms with E-state index < -0.39 is 22.1 Å². The number of carbonyl (C=O) groups is 2. The predicted octanol–water partition coefficient (Wildman–Crippen LogP) is 7.62. The van der Waals surface area contributed by atoms with Crippen molar-refractivity contribution in [3.8, 4) is 0 Å². The number of carbonyl (C=O) groups excluding carboxylic acids is 1. The van der Waals surface area contributed by atoms with E-state index in [-0.39, 0.29) is 19.0 Å². The van der Waals surface area contributed by atoms with Crippen LogP contribution in [0.3, 0.4) is 0 Å². The first-order chi connectivity index (χ1) is 19.2. The average Bonchev–Trinajstić information content (AvgIpc) is 3.62. The van der Waals surface area contributed by atoms with E-state index in [9.17, 15) is 9.59 Å². The Balaban J connectivity index is 0.000000188. The van der Waals surface area contributed by atoms with Crippen molar-refractivity contribution in [1.29, 1.82) is 0 Å². The van der Waals surface area contributed by atoms with E-state index in [2.05, 4.69) is 51.4 Å². The highest BCUT2D eigenvalue weighted by Gasteiger charge is 2.29. The molecular formula is C29H48N6O3S2Si2. The van der Waals surface area contributed by atoms with Crippen LogP contribution in [0.25, 0.3) is 20.7 Å². The molecule has 6 heterocycles. The summed E-state index contributed by atoms with van der Waals surface area (Å²) in [5.74, 6) is -0.933. The van der Waals surface area contributed by atoms with Gasteiger partial charge in [-0.3, -0.25) is 4.79 Å². The Morgan fingerprint density at radius 2 is 1.29 bits per heavy atom. The third-order valence-corrected chi connectivity index (χ3v) is 16.5. The first-order valence-electron chi connectivity index (χ1n) is 14.4. The van der Waals surface area contributed by atoms with E-state index in [0.717, 1.165) is 43.6 Å². The fraction of sp³-hybridized carbons (Fsp3) is 0.586. The zero-order valence-corrected chi connectivity index (χ0v) is 28.7. The van der Waals surface area contributed by atoms with Crippen LogP contribution in [0, 0.1) is 13.8 Å². The van der Waals surface area contributed by atoms with Gasteiger partial charge >= 0.3 is 5.97 Å². The van der Waals surface area contributed by atoms with Crippen LogP contribution in [0.4, 0.5) is 0 Å². The van der Waals surface area contributed by atoms with Gasteiger partial charge < -0.3 is 26.1 Å².